The second-order valence-electron chi connectivity index (χ2n) is 5.91. The average molecular weight is 270 g/mol. The Morgan fingerprint density at radius 1 is 1.26 bits per heavy atom. The van der Waals surface area contributed by atoms with Crippen LogP contribution in [0.3, 0.4) is 0 Å². The van der Waals surface area contributed by atoms with Gasteiger partial charge in [-0.1, -0.05) is 13.8 Å². The predicted octanol–water partition coefficient (Wildman–Crippen LogP) is 1.37. The Bertz CT molecular complexity index is 310. The van der Waals surface area contributed by atoms with Crippen molar-refractivity contribution < 1.29 is 14.7 Å². The Balaban J connectivity index is 2.46. The van der Waals surface area contributed by atoms with Crippen molar-refractivity contribution in [3.8, 4) is 0 Å². The molecule has 5 nitrogen and oxygen atoms in total. The SMILES string of the molecule is CC(C)C(CC(=O)O)NC(=O)C1CCC(CN)CC1. The number of rotatable bonds is 6. The third-order valence-electron chi connectivity index (χ3n) is 4.08. The Kier molecular flexibility index (Phi) is 6.28. The summed E-state index contributed by atoms with van der Waals surface area (Å²) in [5.74, 6) is -0.163. The number of carboxylic acid groups (broad SMARTS) is 1. The Morgan fingerprint density at radius 3 is 2.26 bits per heavy atom. The second-order valence-corrected chi connectivity index (χ2v) is 5.91. The van der Waals surface area contributed by atoms with E-state index in [1.807, 2.05) is 13.8 Å². The standard InChI is InChI=1S/C14H26N2O3/c1-9(2)12(7-13(17)18)16-14(19)11-5-3-10(8-15)4-6-11/h9-12H,3-8,15H2,1-2H3,(H,16,19)(H,17,18). The summed E-state index contributed by atoms with van der Waals surface area (Å²) in [6.45, 7) is 4.56. The van der Waals surface area contributed by atoms with Gasteiger partial charge in [-0.2, -0.15) is 0 Å². The van der Waals surface area contributed by atoms with Gasteiger partial charge < -0.3 is 16.2 Å². The molecule has 1 rings (SSSR count). The zero-order chi connectivity index (χ0) is 14.4. The number of amides is 1. The van der Waals surface area contributed by atoms with Gasteiger partial charge in [0.25, 0.3) is 0 Å². The fourth-order valence-corrected chi connectivity index (χ4v) is 2.60. The maximum atomic E-state index is 12.2. The van der Waals surface area contributed by atoms with Crippen molar-refractivity contribution >= 4 is 11.9 Å². The smallest absolute Gasteiger partial charge is 0.305 e. The number of carbonyl (C=O) groups is 2. The van der Waals surface area contributed by atoms with E-state index in [0.717, 1.165) is 25.7 Å². The van der Waals surface area contributed by atoms with Crippen LogP contribution in [0.25, 0.3) is 0 Å². The summed E-state index contributed by atoms with van der Waals surface area (Å²) in [7, 11) is 0. The van der Waals surface area contributed by atoms with Gasteiger partial charge in [0.15, 0.2) is 0 Å². The molecule has 0 bridgehead atoms. The van der Waals surface area contributed by atoms with Crippen molar-refractivity contribution in [1.82, 2.24) is 5.32 Å². The Morgan fingerprint density at radius 2 is 1.84 bits per heavy atom. The van der Waals surface area contributed by atoms with E-state index >= 15 is 0 Å². The molecular formula is C14H26N2O3. The molecule has 0 spiro atoms. The van der Waals surface area contributed by atoms with Crippen LogP contribution in [0.15, 0.2) is 0 Å². The molecule has 1 atom stereocenters. The fourth-order valence-electron chi connectivity index (χ4n) is 2.60. The van der Waals surface area contributed by atoms with E-state index in [2.05, 4.69) is 5.32 Å². The molecule has 1 aliphatic carbocycles. The molecule has 0 aromatic carbocycles. The fraction of sp³-hybridized carbons (Fsp3) is 0.857. The third kappa shape index (κ3) is 5.19. The van der Waals surface area contributed by atoms with Crippen molar-refractivity contribution in [3.05, 3.63) is 0 Å². The van der Waals surface area contributed by atoms with E-state index in [1.54, 1.807) is 0 Å². The molecular weight excluding hydrogens is 244 g/mol. The van der Waals surface area contributed by atoms with Crippen molar-refractivity contribution in [2.24, 2.45) is 23.5 Å². The number of nitrogens with one attached hydrogen (secondary N) is 1. The van der Waals surface area contributed by atoms with Crippen LogP contribution in [0.1, 0.15) is 46.0 Å². The van der Waals surface area contributed by atoms with Crippen LogP contribution in [0.2, 0.25) is 0 Å². The highest BCUT2D eigenvalue weighted by Crippen LogP contribution is 2.28. The highest BCUT2D eigenvalue weighted by Gasteiger charge is 2.28. The molecule has 1 fully saturated rings. The van der Waals surface area contributed by atoms with Crippen LogP contribution in [-0.4, -0.2) is 29.6 Å². The summed E-state index contributed by atoms with van der Waals surface area (Å²) >= 11 is 0. The molecule has 4 N–H and O–H groups in total. The lowest BCUT2D eigenvalue weighted by atomic mass is 9.81. The molecule has 1 aliphatic rings. The largest absolute Gasteiger partial charge is 0.481 e. The predicted molar refractivity (Wildman–Crippen MR) is 73.5 cm³/mol. The molecule has 0 radical (unpaired) electrons. The number of hydrogen-bond acceptors (Lipinski definition) is 3. The van der Waals surface area contributed by atoms with E-state index < -0.39 is 5.97 Å². The van der Waals surface area contributed by atoms with Gasteiger partial charge in [0.05, 0.1) is 6.42 Å². The number of aliphatic carboxylic acids is 1. The van der Waals surface area contributed by atoms with Crippen LogP contribution in [0.5, 0.6) is 0 Å². The molecule has 0 aromatic heterocycles. The first-order valence-corrected chi connectivity index (χ1v) is 7.16. The van der Waals surface area contributed by atoms with Crippen molar-refractivity contribution in [3.63, 3.8) is 0 Å². The van der Waals surface area contributed by atoms with Crippen LogP contribution >= 0.6 is 0 Å². The Hall–Kier alpha value is -1.10. The van der Waals surface area contributed by atoms with Crippen LogP contribution in [-0.2, 0) is 9.59 Å². The van der Waals surface area contributed by atoms with E-state index in [4.69, 9.17) is 10.8 Å². The van der Waals surface area contributed by atoms with Gasteiger partial charge in [-0.15, -0.1) is 0 Å². The Labute approximate surface area is 114 Å². The van der Waals surface area contributed by atoms with Gasteiger partial charge in [-0.3, -0.25) is 9.59 Å². The second kappa shape index (κ2) is 7.48. The van der Waals surface area contributed by atoms with E-state index in [-0.39, 0.29) is 30.2 Å². The molecule has 1 amide bonds. The quantitative estimate of drug-likeness (QED) is 0.679. The van der Waals surface area contributed by atoms with Crippen LogP contribution < -0.4 is 11.1 Å². The zero-order valence-electron chi connectivity index (χ0n) is 11.9. The minimum atomic E-state index is -0.870. The average Bonchev–Trinajstić information content (AvgIpc) is 2.37. The maximum Gasteiger partial charge on any atom is 0.305 e. The van der Waals surface area contributed by atoms with Crippen molar-refractivity contribution in [2.45, 2.75) is 52.0 Å². The molecule has 0 heterocycles. The molecule has 0 aliphatic heterocycles. The summed E-state index contributed by atoms with van der Waals surface area (Å²) in [5.41, 5.74) is 5.63. The first-order valence-electron chi connectivity index (χ1n) is 7.16. The lowest BCUT2D eigenvalue weighted by Gasteiger charge is -2.29. The minimum absolute atomic E-state index is 0.00965. The first-order chi connectivity index (χ1) is 8.93. The van der Waals surface area contributed by atoms with Gasteiger partial charge in [0.1, 0.15) is 0 Å². The van der Waals surface area contributed by atoms with Crippen molar-refractivity contribution in [1.29, 1.82) is 0 Å². The molecule has 0 saturated heterocycles. The molecule has 1 saturated carbocycles. The molecule has 5 heteroatoms. The van der Waals surface area contributed by atoms with Gasteiger partial charge in [-0.25, -0.2) is 0 Å². The van der Waals surface area contributed by atoms with Gasteiger partial charge in [0.2, 0.25) is 5.91 Å². The normalized spacial score (nSPS) is 25.1. The summed E-state index contributed by atoms with van der Waals surface area (Å²) in [6, 6.07) is -0.280. The summed E-state index contributed by atoms with van der Waals surface area (Å²) in [6.07, 6.45) is 3.72. The molecule has 110 valence electrons. The zero-order valence-corrected chi connectivity index (χ0v) is 11.9. The number of carboxylic acids is 1. The maximum absolute atomic E-state index is 12.2. The highest BCUT2D eigenvalue weighted by atomic mass is 16.4. The lowest BCUT2D eigenvalue weighted by molar-refractivity contribution is -0.138. The van der Waals surface area contributed by atoms with Crippen molar-refractivity contribution in [2.75, 3.05) is 6.54 Å². The van der Waals surface area contributed by atoms with Crippen LogP contribution in [0.4, 0.5) is 0 Å². The van der Waals surface area contributed by atoms with Gasteiger partial charge in [-0.05, 0) is 44.1 Å². The summed E-state index contributed by atoms with van der Waals surface area (Å²) < 4.78 is 0. The molecule has 0 aromatic rings. The van der Waals surface area contributed by atoms with Gasteiger partial charge >= 0.3 is 5.97 Å². The number of carbonyl (C=O) groups excluding carboxylic acids is 1. The van der Waals surface area contributed by atoms with Gasteiger partial charge in [0, 0.05) is 12.0 Å². The van der Waals surface area contributed by atoms with E-state index in [1.165, 1.54) is 0 Å². The molecule has 19 heavy (non-hydrogen) atoms. The highest BCUT2D eigenvalue weighted by molar-refractivity contribution is 5.79. The van der Waals surface area contributed by atoms with E-state index in [0.29, 0.717) is 12.5 Å². The monoisotopic (exact) mass is 270 g/mol. The van der Waals surface area contributed by atoms with E-state index in [9.17, 15) is 9.59 Å². The van der Waals surface area contributed by atoms with Crippen LogP contribution in [0, 0.1) is 17.8 Å². The minimum Gasteiger partial charge on any atom is -0.481 e. The first kappa shape index (κ1) is 16.0. The lowest BCUT2D eigenvalue weighted by Crippen LogP contribution is -2.44. The number of nitrogens with two attached hydrogens (primary N) is 1. The summed E-state index contributed by atoms with van der Waals surface area (Å²) in [5, 5.41) is 11.8. The third-order valence-corrected chi connectivity index (χ3v) is 4.08. The topological polar surface area (TPSA) is 92.4 Å². The molecule has 1 unspecified atom stereocenters. The number of hydrogen-bond donors (Lipinski definition) is 3. The summed E-state index contributed by atoms with van der Waals surface area (Å²) in [4.78, 5) is 22.9.